The van der Waals surface area contributed by atoms with Crippen LogP contribution in [0.2, 0.25) is 0 Å². The summed E-state index contributed by atoms with van der Waals surface area (Å²) in [5.41, 5.74) is 3.00. The van der Waals surface area contributed by atoms with Gasteiger partial charge in [0.1, 0.15) is 11.3 Å². The first-order chi connectivity index (χ1) is 22.6. The van der Waals surface area contributed by atoms with Crippen molar-refractivity contribution in [2.24, 2.45) is 0 Å². The van der Waals surface area contributed by atoms with Gasteiger partial charge < -0.3 is 29.6 Å². The van der Waals surface area contributed by atoms with E-state index in [1.807, 2.05) is 10.6 Å². The number of anilines is 2. The molecule has 47 heavy (non-hydrogen) atoms. The SMILES string of the molecule is Fc1ccc2[nH]c(CNc3nc(N4CCOCC4)nc4c3ncn4CCc3cccc4ccccc34)nc2c1F.O=C(O)C(F)(F)F. The maximum atomic E-state index is 14.2. The lowest BCUT2D eigenvalue weighted by atomic mass is 10.0. The molecule has 6 aromatic rings. The average Bonchev–Trinajstić information content (AvgIpc) is 3.69. The van der Waals surface area contributed by atoms with Crippen molar-refractivity contribution in [1.82, 2.24) is 29.5 Å². The van der Waals surface area contributed by atoms with E-state index in [0.29, 0.717) is 61.5 Å². The number of aliphatic carboxylic acids is 1. The lowest BCUT2D eigenvalue weighted by Crippen LogP contribution is -2.37. The predicted octanol–water partition coefficient (Wildman–Crippen LogP) is 5.46. The molecule has 1 fully saturated rings. The summed E-state index contributed by atoms with van der Waals surface area (Å²) in [4.78, 5) is 32.6. The highest BCUT2D eigenvalue weighted by Crippen LogP contribution is 2.26. The monoisotopic (exact) mass is 654 g/mol. The van der Waals surface area contributed by atoms with Crippen LogP contribution in [-0.2, 0) is 29.0 Å². The minimum Gasteiger partial charge on any atom is -0.475 e. The molecule has 4 heterocycles. The number of hydrogen-bond donors (Lipinski definition) is 3. The summed E-state index contributed by atoms with van der Waals surface area (Å²) in [5.74, 6) is -3.07. The number of nitrogens with one attached hydrogen (secondary N) is 2. The van der Waals surface area contributed by atoms with Crippen molar-refractivity contribution in [2.45, 2.75) is 25.7 Å². The summed E-state index contributed by atoms with van der Waals surface area (Å²) in [6.45, 7) is 3.48. The summed E-state index contributed by atoms with van der Waals surface area (Å²) in [5, 5.41) is 12.9. The number of hydrogen-bond acceptors (Lipinski definition) is 8. The number of aryl methyl sites for hydroxylation is 2. The fourth-order valence-electron chi connectivity index (χ4n) is 5.20. The third kappa shape index (κ3) is 6.91. The number of carbonyl (C=O) groups is 1. The number of H-pyrrole nitrogens is 1. The maximum absolute atomic E-state index is 14.2. The Morgan fingerprint density at radius 1 is 0.979 bits per heavy atom. The Hall–Kier alpha value is -5.38. The predicted molar refractivity (Wildman–Crippen MR) is 163 cm³/mol. The number of aromatic nitrogens is 6. The van der Waals surface area contributed by atoms with Gasteiger partial charge in [0.05, 0.1) is 31.6 Å². The number of carboxylic acids is 1. The number of morpholine rings is 1. The highest BCUT2D eigenvalue weighted by molar-refractivity contribution is 5.86. The van der Waals surface area contributed by atoms with Crippen LogP contribution in [0.3, 0.4) is 0 Å². The lowest BCUT2D eigenvalue weighted by Gasteiger charge is -2.27. The minimum atomic E-state index is -5.08. The number of alkyl halides is 3. The highest BCUT2D eigenvalue weighted by atomic mass is 19.4. The Morgan fingerprint density at radius 2 is 1.72 bits per heavy atom. The smallest absolute Gasteiger partial charge is 0.475 e. The first kappa shape index (κ1) is 31.6. The molecule has 3 aromatic heterocycles. The van der Waals surface area contributed by atoms with Gasteiger partial charge in [0.15, 0.2) is 28.6 Å². The van der Waals surface area contributed by atoms with Crippen molar-refractivity contribution in [3.63, 3.8) is 0 Å². The van der Waals surface area contributed by atoms with Crippen LogP contribution < -0.4 is 10.2 Å². The van der Waals surface area contributed by atoms with Crippen molar-refractivity contribution < 1.29 is 36.6 Å². The molecule has 244 valence electrons. The molecule has 1 aliphatic rings. The van der Waals surface area contributed by atoms with E-state index < -0.39 is 23.8 Å². The largest absolute Gasteiger partial charge is 0.490 e. The zero-order valence-electron chi connectivity index (χ0n) is 24.6. The van der Waals surface area contributed by atoms with Crippen LogP contribution in [0.1, 0.15) is 11.4 Å². The third-order valence-electron chi connectivity index (χ3n) is 7.51. The first-order valence-corrected chi connectivity index (χ1v) is 14.5. The number of rotatable bonds is 7. The second kappa shape index (κ2) is 13.2. The minimum absolute atomic E-state index is 0.0312. The van der Waals surface area contributed by atoms with Crippen molar-refractivity contribution >= 4 is 50.7 Å². The Bertz CT molecular complexity index is 2050. The Balaban J connectivity index is 0.000000499. The molecule has 0 atom stereocenters. The van der Waals surface area contributed by atoms with Gasteiger partial charge in [0, 0.05) is 19.6 Å². The fourth-order valence-corrected chi connectivity index (χ4v) is 5.20. The van der Waals surface area contributed by atoms with Crippen LogP contribution in [0, 0.1) is 11.6 Å². The Morgan fingerprint density at radius 3 is 2.49 bits per heavy atom. The lowest BCUT2D eigenvalue weighted by molar-refractivity contribution is -0.192. The standard InChI is InChI=1S/C29H26F2N8O.C2HF3O2/c30-21-8-9-22-25(24(21)31)35-23(34-22)16-32-27-26-28(37-29(36-27)38-12-14-40-15-13-38)39(17-33-26)11-10-19-6-3-5-18-4-1-2-7-20(18)19;3-2(4,5)1(6)7/h1-9,17H,10-16H2,(H,34,35)(H,32,36,37);(H,6,7). The summed E-state index contributed by atoms with van der Waals surface area (Å²) >= 11 is 0. The number of halogens is 5. The number of fused-ring (bicyclic) bond motifs is 3. The molecule has 11 nitrogen and oxygen atoms in total. The van der Waals surface area contributed by atoms with E-state index in [1.54, 1.807) is 6.33 Å². The van der Waals surface area contributed by atoms with Gasteiger partial charge in [-0.15, -0.1) is 0 Å². The van der Waals surface area contributed by atoms with E-state index in [1.165, 1.54) is 22.4 Å². The van der Waals surface area contributed by atoms with E-state index in [4.69, 9.17) is 24.6 Å². The molecule has 16 heteroatoms. The molecule has 0 amide bonds. The quantitative estimate of drug-likeness (QED) is 0.192. The molecule has 1 aliphatic heterocycles. The molecule has 0 radical (unpaired) electrons. The number of benzene rings is 3. The zero-order valence-corrected chi connectivity index (χ0v) is 24.6. The van der Waals surface area contributed by atoms with Crippen LogP contribution in [0.15, 0.2) is 60.9 Å². The van der Waals surface area contributed by atoms with E-state index in [0.717, 1.165) is 18.1 Å². The molecule has 0 spiro atoms. The molecular weight excluding hydrogens is 627 g/mol. The average molecular weight is 655 g/mol. The van der Waals surface area contributed by atoms with Crippen LogP contribution >= 0.6 is 0 Å². The number of aromatic amines is 1. The van der Waals surface area contributed by atoms with Crippen LogP contribution in [0.5, 0.6) is 0 Å². The second-order valence-electron chi connectivity index (χ2n) is 10.6. The second-order valence-corrected chi connectivity index (χ2v) is 10.6. The molecule has 3 aromatic carbocycles. The van der Waals surface area contributed by atoms with Crippen LogP contribution in [0.25, 0.3) is 33.0 Å². The van der Waals surface area contributed by atoms with Crippen molar-refractivity contribution in [3.05, 3.63) is 83.9 Å². The number of carboxylic acid groups (broad SMARTS) is 1. The van der Waals surface area contributed by atoms with E-state index >= 15 is 0 Å². The fraction of sp³-hybridized carbons (Fsp3) is 0.258. The Labute approximate surface area is 263 Å². The topological polar surface area (TPSA) is 134 Å². The van der Waals surface area contributed by atoms with Crippen molar-refractivity contribution in [3.8, 4) is 0 Å². The summed E-state index contributed by atoms with van der Waals surface area (Å²) in [7, 11) is 0. The molecule has 3 N–H and O–H groups in total. The van der Waals surface area contributed by atoms with Gasteiger partial charge in [0.2, 0.25) is 5.95 Å². The maximum Gasteiger partial charge on any atom is 0.490 e. The van der Waals surface area contributed by atoms with Gasteiger partial charge in [-0.3, -0.25) is 0 Å². The van der Waals surface area contributed by atoms with E-state index in [2.05, 4.69) is 61.6 Å². The number of imidazole rings is 2. The van der Waals surface area contributed by atoms with Gasteiger partial charge in [-0.2, -0.15) is 23.1 Å². The summed E-state index contributed by atoms with van der Waals surface area (Å²) in [6, 6.07) is 17.3. The number of nitrogens with zero attached hydrogens (tertiary/aromatic N) is 6. The molecular formula is C31H27F5N8O3. The molecule has 1 saturated heterocycles. The van der Waals surface area contributed by atoms with Gasteiger partial charge in [-0.25, -0.2) is 23.5 Å². The molecule has 0 bridgehead atoms. The molecule has 0 aliphatic carbocycles. The van der Waals surface area contributed by atoms with Crippen molar-refractivity contribution in [2.75, 3.05) is 36.5 Å². The summed E-state index contributed by atoms with van der Waals surface area (Å²) in [6.07, 6.45) is -2.48. The third-order valence-corrected chi connectivity index (χ3v) is 7.51. The summed E-state index contributed by atoms with van der Waals surface area (Å²) < 4.78 is 67.2. The van der Waals surface area contributed by atoms with Gasteiger partial charge in [-0.1, -0.05) is 42.5 Å². The Kier molecular flexibility index (Phi) is 8.84. The normalized spacial score (nSPS) is 13.6. The van der Waals surface area contributed by atoms with Crippen molar-refractivity contribution in [1.29, 1.82) is 0 Å². The molecule has 7 rings (SSSR count). The molecule has 0 saturated carbocycles. The van der Waals surface area contributed by atoms with Gasteiger partial charge in [-0.05, 0) is 34.9 Å². The number of ether oxygens (including phenoxy) is 1. The van der Waals surface area contributed by atoms with Gasteiger partial charge in [0.25, 0.3) is 0 Å². The van der Waals surface area contributed by atoms with E-state index in [9.17, 15) is 22.0 Å². The highest BCUT2D eigenvalue weighted by Gasteiger charge is 2.38. The zero-order chi connectivity index (χ0) is 33.1. The van der Waals surface area contributed by atoms with Crippen LogP contribution in [-0.4, -0.2) is 73.0 Å². The van der Waals surface area contributed by atoms with Crippen LogP contribution in [0.4, 0.5) is 33.7 Å². The molecule has 0 unspecified atom stereocenters. The van der Waals surface area contributed by atoms with Gasteiger partial charge >= 0.3 is 12.1 Å². The van der Waals surface area contributed by atoms with E-state index in [-0.39, 0.29) is 12.1 Å². The first-order valence-electron chi connectivity index (χ1n) is 14.5.